The molecule has 0 atom stereocenters. The van der Waals surface area contributed by atoms with Crippen molar-refractivity contribution in [1.82, 2.24) is 15.0 Å². The fourth-order valence-corrected chi connectivity index (χ4v) is 2.22. The Bertz CT molecular complexity index is 619. The van der Waals surface area contributed by atoms with E-state index in [2.05, 4.69) is 26.2 Å². The summed E-state index contributed by atoms with van der Waals surface area (Å²) in [7, 11) is -3.15. The average molecular weight is 316 g/mol. The van der Waals surface area contributed by atoms with Crippen molar-refractivity contribution in [2.45, 2.75) is 10.2 Å². The third-order valence-corrected chi connectivity index (χ3v) is 3.91. The van der Waals surface area contributed by atoms with Crippen LogP contribution in [0.4, 0.5) is 0 Å². The number of hydrogen-bond acceptors (Lipinski definition) is 4. The summed E-state index contributed by atoms with van der Waals surface area (Å²) in [6, 6.07) is 6.51. The Hall–Kier alpha value is -1.21. The van der Waals surface area contributed by atoms with Gasteiger partial charge in [-0.2, -0.15) is 0 Å². The molecule has 0 saturated heterocycles. The van der Waals surface area contributed by atoms with Crippen LogP contribution in [0.1, 0.15) is 5.69 Å². The lowest BCUT2D eigenvalue weighted by molar-refractivity contribution is 0.602. The third kappa shape index (κ3) is 2.73. The summed E-state index contributed by atoms with van der Waals surface area (Å²) in [6.07, 6.45) is 2.96. The smallest absolute Gasteiger partial charge is 0.175 e. The summed E-state index contributed by atoms with van der Waals surface area (Å²) in [4.78, 5) is 0.294. The number of rotatable bonds is 3. The standard InChI is InChI=1S/C10H10BrN3O2S/c1-17(15,16)10-4-2-9(3-5-10)14-7-8(6-11)12-13-14/h2-5,7H,6H2,1H3. The number of benzene rings is 1. The molecular weight excluding hydrogens is 306 g/mol. The zero-order valence-corrected chi connectivity index (χ0v) is 11.4. The van der Waals surface area contributed by atoms with E-state index in [0.29, 0.717) is 10.2 Å². The lowest BCUT2D eigenvalue weighted by atomic mass is 10.3. The molecule has 0 bridgehead atoms. The second-order valence-electron chi connectivity index (χ2n) is 3.55. The number of nitrogens with zero attached hydrogens (tertiary/aromatic N) is 3. The zero-order chi connectivity index (χ0) is 12.5. The molecule has 1 aromatic carbocycles. The van der Waals surface area contributed by atoms with E-state index in [-0.39, 0.29) is 0 Å². The molecule has 0 amide bonds. The third-order valence-electron chi connectivity index (χ3n) is 2.21. The van der Waals surface area contributed by atoms with Gasteiger partial charge in [0.15, 0.2) is 9.84 Å². The lowest BCUT2D eigenvalue weighted by Crippen LogP contribution is -1.99. The van der Waals surface area contributed by atoms with Crippen molar-refractivity contribution in [3.8, 4) is 5.69 Å². The van der Waals surface area contributed by atoms with Crippen LogP contribution in [0.15, 0.2) is 35.4 Å². The molecule has 1 aromatic heterocycles. The molecule has 0 spiro atoms. The minimum Gasteiger partial charge on any atom is -0.224 e. The monoisotopic (exact) mass is 315 g/mol. The van der Waals surface area contributed by atoms with Crippen LogP contribution in [0.3, 0.4) is 0 Å². The van der Waals surface area contributed by atoms with Crippen molar-refractivity contribution in [2.24, 2.45) is 0 Å². The van der Waals surface area contributed by atoms with Gasteiger partial charge in [-0.25, -0.2) is 13.1 Å². The van der Waals surface area contributed by atoms with E-state index in [1.165, 1.54) is 6.26 Å². The van der Waals surface area contributed by atoms with Crippen LogP contribution in [0, 0.1) is 0 Å². The summed E-state index contributed by atoms with van der Waals surface area (Å²) in [5, 5.41) is 8.50. The zero-order valence-electron chi connectivity index (χ0n) is 9.04. The van der Waals surface area contributed by atoms with E-state index in [9.17, 15) is 8.42 Å². The first-order valence-electron chi connectivity index (χ1n) is 4.78. The van der Waals surface area contributed by atoms with Crippen LogP contribution in [-0.2, 0) is 15.2 Å². The van der Waals surface area contributed by atoms with Crippen LogP contribution in [0.25, 0.3) is 5.69 Å². The van der Waals surface area contributed by atoms with Crippen LogP contribution >= 0.6 is 15.9 Å². The highest BCUT2D eigenvalue weighted by molar-refractivity contribution is 9.08. The van der Waals surface area contributed by atoms with Gasteiger partial charge in [-0.05, 0) is 24.3 Å². The van der Waals surface area contributed by atoms with Gasteiger partial charge in [0, 0.05) is 11.6 Å². The summed E-state index contributed by atoms with van der Waals surface area (Å²) in [5.41, 5.74) is 1.59. The highest BCUT2D eigenvalue weighted by Gasteiger charge is 2.07. The lowest BCUT2D eigenvalue weighted by Gasteiger charge is -2.01. The molecule has 90 valence electrons. The van der Waals surface area contributed by atoms with Crippen molar-refractivity contribution < 1.29 is 8.42 Å². The van der Waals surface area contributed by atoms with Gasteiger partial charge < -0.3 is 0 Å². The molecule has 0 unspecified atom stereocenters. The molecule has 0 aliphatic rings. The molecular formula is C10H10BrN3O2S. The molecule has 5 nitrogen and oxygen atoms in total. The van der Waals surface area contributed by atoms with Crippen LogP contribution in [-0.4, -0.2) is 29.7 Å². The molecule has 2 rings (SSSR count). The van der Waals surface area contributed by atoms with Gasteiger partial charge in [0.05, 0.1) is 22.5 Å². The number of sulfone groups is 1. The van der Waals surface area contributed by atoms with Crippen molar-refractivity contribution in [2.75, 3.05) is 6.26 Å². The normalized spacial score (nSPS) is 11.6. The van der Waals surface area contributed by atoms with E-state index < -0.39 is 9.84 Å². The first kappa shape index (κ1) is 12.3. The molecule has 0 fully saturated rings. The molecule has 0 N–H and O–H groups in total. The van der Waals surface area contributed by atoms with Crippen LogP contribution < -0.4 is 0 Å². The molecule has 0 radical (unpaired) electrons. The minimum absolute atomic E-state index is 0.294. The molecule has 1 heterocycles. The van der Waals surface area contributed by atoms with Crippen molar-refractivity contribution in [3.63, 3.8) is 0 Å². The van der Waals surface area contributed by atoms with E-state index in [0.717, 1.165) is 11.4 Å². The highest BCUT2D eigenvalue weighted by Crippen LogP contribution is 2.13. The fraction of sp³-hybridized carbons (Fsp3) is 0.200. The Labute approximate surface area is 108 Å². The van der Waals surface area contributed by atoms with Gasteiger partial charge >= 0.3 is 0 Å². The Balaban J connectivity index is 2.35. The highest BCUT2D eigenvalue weighted by atomic mass is 79.9. The fourth-order valence-electron chi connectivity index (χ4n) is 1.33. The molecule has 0 aliphatic carbocycles. The SMILES string of the molecule is CS(=O)(=O)c1ccc(-n2cc(CBr)nn2)cc1. The van der Waals surface area contributed by atoms with E-state index in [1.54, 1.807) is 35.1 Å². The quantitative estimate of drug-likeness (QED) is 0.806. The van der Waals surface area contributed by atoms with Gasteiger partial charge in [0.25, 0.3) is 0 Å². The summed E-state index contributed by atoms with van der Waals surface area (Å²) in [5.74, 6) is 0. The first-order chi connectivity index (χ1) is 8.00. The predicted octanol–water partition coefficient (Wildman–Crippen LogP) is 1.57. The second kappa shape index (κ2) is 4.58. The Morgan fingerprint density at radius 3 is 2.41 bits per heavy atom. The van der Waals surface area contributed by atoms with Gasteiger partial charge in [-0.3, -0.25) is 0 Å². The predicted molar refractivity (Wildman–Crippen MR) is 67.1 cm³/mol. The van der Waals surface area contributed by atoms with Gasteiger partial charge in [-0.15, -0.1) is 5.10 Å². The maximum absolute atomic E-state index is 11.3. The first-order valence-corrected chi connectivity index (χ1v) is 7.79. The molecule has 2 aromatic rings. The van der Waals surface area contributed by atoms with Crippen LogP contribution in [0.5, 0.6) is 0 Å². The van der Waals surface area contributed by atoms with E-state index >= 15 is 0 Å². The summed E-state index contributed by atoms with van der Waals surface area (Å²) in [6.45, 7) is 0. The number of alkyl halides is 1. The number of hydrogen-bond donors (Lipinski definition) is 0. The average Bonchev–Trinajstić information content (AvgIpc) is 2.76. The summed E-state index contributed by atoms with van der Waals surface area (Å²) >= 11 is 3.29. The largest absolute Gasteiger partial charge is 0.224 e. The van der Waals surface area contributed by atoms with Crippen molar-refractivity contribution in [3.05, 3.63) is 36.2 Å². The Kier molecular flexibility index (Phi) is 3.30. The van der Waals surface area contributed by atoms with Crippen LogP contribution in [0.2, 0.25) is 0 Å². The Morgan fingerprint density at radius 1 is 1.29 bits per heavy atom. The number of halogens is 1. The Morgan fingerprint density at radius 2 is 1.94 bits per heavy atom. The van der Waals surface area contributed by atoms with E-state index in [4.69, 9.17) is 0 Å². The van der Waals surface area contributed by atoms with Crippen molar-refractivity contribution >= 4 is 25.8 Å². The maximum Gasteiger partial charge on any atom is 0.175 e. The molecule has 17 heavy (non-hydrogen) atoms. The van der Waals surface area contributed by atoms with Gasteiger partial charge in [0.1, 0.15) is 0 Å². The topological polar surface area (TPSA) is 64.8 Å². The van der Waals surface area contributed by atoms with E-state index in [1.807, 2.05) is 0 Å². The number of aromatic nitrogens is 3. The second-order valence-corrected chi connectivity index (χ2v) is 6.13. The maximum atomic E-state index is 11.3. The van der Waals surface area contributed by atoms with Gasteiger partial charge in [-0.1, -0.05) is 21.1 Å². The molecule has 7 heteroatoms. The van der Waals surface area contributed by atoms with Crippen molar-refractivity contribution in [1.29, 1.82) is 0 Å². The van der Waals surface area contributed by atoms with Gasteiger partial charge in [0.2, 0.25) is 0 Å². The molecule has 0 saturated carbocycles. The molecule has 0 aliphatic heterocycles. The minimum atomic E-state index is -3.15. The summed E-state index contributed by atoms with van der Waals surface area (Å²) < 4.78 is 24.2.